The summed E-state index contributed by atoms with van der Waals surface area (Å²) in [6.07, 6.45) is 1.05. The van der Waals surface area contributed by atoms with Crippen molar-refractivity contribution in [1.29, 1.82) is 0 Å². The van der Waals surface area contributed by atoms with Crippen molar-refractivity contribution < 1.29 is 0 Å². The minimum absolute atomic E-state index is 0.0279. The maximum Gasteiger partial charge on any atom is 0.257 e. The van der Waals surface area contributed by atoms with Gasteiger partial charge in [0.15, 0.2) is 0 Å². The number of aromatic nitrogens is 1. The first-order valence-corrected chi connectivity index (χ1v) is 6.76. The molecule has 3 N–H and O–H groups in total. The van der Waals surface area contributed by atoms with E-state index in [9.17, 15) is 4.79 Å². The second-order valence-corrected chi connectivity index (χ2v) is 5.58. The molecule has 2 aromatic rings. The van der Waals surface area contributed by atoms with Gasteiger partial charge in [0.25, 0.3) is 5.56 Å². The molecule has 4 nitrogen and oxygen atoms in total. The predicted octanol–water partition coefficient (Wildman–Crippen LogP) is 1.70. The number of fused-ring (bicyclic) bond motifs is 1. The minimum Gasteiger partial charge on any atom is -0.356 e. The molecule has 0 saturated carbocycles. The van der Waals surface area contributed by atoms with Crippen molar-refractivity contribution in [2.75, 3.05) is 18.0 Å². The van der Waals surface area contributed by atoms with E-state index in [4.69, 9.17) is 5.73 Å². The zero-order valence-corrected chi connectivity index (χ0v) is 11.1. The van der Waals surface area contributed by atoms with Crippen molar-refractivity contribution >= 4 is 16.6 Å². The molecule has 1 aliphatic rings. The fourth-order valence-corrected chi connectivity index (χ4v) is 2.96. The number of nitrogens with two attached hydrogens (primary N) is 1. The van der Waals surface area contributed by atoms with Crippen LogP contribution in [-0.2, 0) is 0 Å². The standard InChI is InChI=1S/C15H19N3O/c1-10-6-12(16)9-18(8-10)14-7-11-4-2-3-5-13(11)15(19)17-14/h2-5,7,10,12H,6,8-9,16H2,1H3,(H,17,19). The van der Waals surface area contributed by atoms with Gasteiger partial charge in [-0.05, 0) is 29.9 Å². The molecule has 0 radical (unpaired) electrons. The van der Waals surface area contributed by atoms with Gasteiger partial charge in [0.05, 0.1) is 0 Å². The quantitative estimate of drug-likeness (QED) is 0.817. The van der Waals surface area contributed by atoms with E-state index >= 15 is 0 Å². The Hall–Kier alpha value is -1.81. The lowest BCUT2D eigenvalue weighted by Gasteiger charge is -2.36. The molecule has 1 aromatic heterocycles. The molecule has 0 bridgehead atoms. The third kappa shape index (κ3) is 2.36. The van der Waals surface area contributed by atoms with Gasteiger partial charge in [-0.2, -0.15) is 0 Å². The van der Waals surface area contributed by atoms with Crippen LogP contribution in [0.15, 0.2) is 35.1 Å². The number of rotatable bonds is 1. The van der Waals surface area contributed by atoms with Crippen LogP contribution in [0.5, 0.6) is 0 Å². The number of benzene rings is 1. The van der Waals surface area contributed by atoms with Gasteiger partial charge in [0.1, 0.15) is 5.82 Å². The van der Waals surface area contributed by atoms with Crippen LogP contribution in [0.1, 0.15) is 13.3 Å². The van der Waals surface area contributed by atoms with E-state index in [-0.39, 0.29) is 11.6 Å². The van der Waals surface area contributed by atoms with Gasteiger partial charge in [-0.15, -0.1) is 0 Å². The molecule has 0 amide bonds. The third-order valence-electron chi connectivity index (χ3n) is 3.77. The molecular weight excluding hydrogens is 238 g/mol. The van der Waals surface area contributed by atoms with Gasteiger partial charge >= 0.3 is 0 Å². The number of hydrogen-bond donors (Lipinski definition) is 2. The maximum absolute atomic E-state index is 12.1. The first-order valence-electron chi connectivity index (χ1n) is 6.76. The van der Waals surface area contributed by atoms with Crippen LogP contribution in [0.2, 0.25) is 0 Å². The highest BCUT2D eigenvalue weighted by Gasteiger charge is 2.23. The van der Waals surface area contributed by atoms with Crippen LogP contribution in [0.4, 0.5) is 5.82 Å². The molecule has 100 valence electrons. The Bertz CT molecular complexity index is 639. The van der Waals surface area contributed by atoms with Crippen LogP contribution in [0, 0.1) is 5.92 Å². The summed E-state index contributed by atoms with van der Waals surface area (Å²) in [5.74, 6) is 1.43. The van der Waals surface area contributed by atoms with E-state index in [1.165, 1.54) is 0 Å². The van der Waals surface area contributed by atoms with E-state index in [1.807, 2.05) is 30.3 Å². The summed E-state index contributed by atoms with van der Waals surface area (Å²) in [4.78, 5) is 17.3. The third-order valence-corrected chi connectivity index (χ3v) is 3.77. The molecule has 3 rings (SSSR count). The molecular formula is C15H19N3O. The van der Waals surface area contributed by atoms with Gasteiger partial charge in [-0.25, -0.2) is 0 Å². The molecule has 0 aliphatic carbocycles. The number of nitrogens with zero attached hydrogens (tertiary/aromatic N) is 1. The molecule has 1 aromatic carbocycles. The predicted molar refractivity (Wildman–Crippen MR) is 78.5 cm³/mol. The SMILES string of the molecule is CC1CC(N)CN(c2cc3ccccc3c(=O)[nH]2)C1. The second kappa shape index (κ2) is 4.70. The van der Waals surface area contributed by atoms with Crippen LogP contribution in [-0.4, -0.2) is 24.1 Å². The first-order chi connectivity index (χ1) is 9.13. The van der Waals surface area contributed by atoms with Crippen LogP contribution >= 0.6 is 0 Å². The zero-order valence-electron chi connectivity index (χ0n) is 11.1. The largest absolute Gasteiger partial charge is 0.356 e. The smallest absolute Gasteiger partial charge is 0.257 e. The number of nitrogens with one attached hydrogen (secondary N) is 1. The summed E-state index contributed by atoms with van der Waals surface area (Å²) in [6, 6.07) is 9.89. The highest BCUT2D eigenvalue weighted by molar-refractivity contribution is 5.83. The molecule has 2 heterocycles. The Morgan fingerprint density at radius 3 is 2.89 bits per heavy atom. The lowest BCUT2D eigenvalue weighted by atomic mass is 9.96. The van der Waals surface area contributed by atoms with E-state index in [0.29, 0.717) is 5.92 Å². The summed E-state index contributed by atoms with van der Waals surface area (Å²) >= 11 is 0. The van der Waals surface area contributed by atoms with Crippen LogP contribution in [0.3, 0.4) is 0 Å². The van der Waals surface area contributed by atoms with Crippen molar-refractivity contribution in [3.8, 4) is 0 Å². The van der Waals surface area contributed by atoms with Gasteiger partial charge in [-0.1, -0.05) is 25.1 Å². The van der Waals surface area contributed by atoms with Crippen molar-refractivity contribution in [3.63, 3.8) is 0 Å². The van der Waals surface area contributed by atoms with E-state index in [1.54, 1.807) is 0 Å². The Labute approximate surface area is 112 Å². The number of aromatic amines is 1. The second-order valence-electron chi connectivity index (χ2n) is 5.58. The van der Waals surface area contributed by atoms with Gasteiger partial charge in [-0.3, -0.25) is 4.79 Å². The Morgan fingerprint density at radius 1 is 1.32 bits per heavy atom. The molecule has 2 unspecified atom stereocenters. The minimum atomic E-state index is -0.0279. The van der Waals surface area contributed by atoms with Crippen molar-refractivity contribution in [1.82, 2.24) is 4.98 Å². The molecule has 2 atom stereocenters. The number of anilines is 1. The molecule has 1 aliphatic heterocycles. The fourth-order valence-electron chi connectivity index (χ4n) is 2.96. The number of piperidine rings is 1. The normalized spacial score (nSPS) is 23.8. The van der Waals surface area contributed by atoms with Gasteiger partial charge in [0.2, 0.25) is 0 Å². The molecule has 1 fully saturated rings. The highest BCUT2D eigenvalue weighted by atomic mass is 16.1. The Morgan fingerprint density at radius 2 is 2.11 bits per heavy atom. The highest BCUT2D eigenvalue weighted by Crippen LogP contribution is 2.22. The average molecular weight is 257 g/mol. The topological polar surface area (TPSA) is 62.1 Å². The summed E-state index contributed by atoms with van der Waals surface area (Å²) < 4.78 is 0. The molecule has 4 heteroatoms. The summed E-state index contributed by atoms with van der Waals surface area (Å²) in [7, 11) is 0. The Kier molecular flexibility index (Phi) is 3.03. The van der Waals surface area contributed by atoms with Crippen LogP contribution < -0.4 is 16.2 Å². The average Bonchev–Trinajstić information content (AvgIpc) is 2.37. The maximum atomic E-state index is 12.1. The van der Waals surface area contributed by atoms with E-state index in [2.05, 4.69) is 16.8 Å². The van der Waals surface area contributed by atoms with Gasteiger partial charge in [0, 0.05) is 24.5 Å². The summed E-state index contributed by atoms with van der Waals surface area (Å²) in [6.45, 7) is 3.95. The lowest BCUT2D eigenvalue weighted by Crippen LogP contribution is -2.47. The molecule has 19 heavy (non-hydrogen) atoms. The lowest BCUT2D eigenvalue weighted by molar-refractivity contribution is 0.400. The Balaban J connectivity index is 2.03. The molecule has 1 saturated heterocycles. The van der Waals surface area contributed by atoms with Crippen molar-refractivity contribution in [2.45, 2.75) is 19.4 Å². The van der Waals surface area contributed by atoms with Crippen molar-refractivity contribution in [3.05, 3.63) is 40.7 Å². The summed E-state index contributed by atoms with van der Waals surface area (Å²) in [5.41, 5.74) is 6.04. The number of pyridine rings is 1. The first kappa shape index (κ1) is 12.2. The number of hydrogen-bond acceptors (Lipinski definition) is 3. The van der Waals surface area contributed by atoms with E-state index < -0.39 is 0 Å². The zero-order chi connectivity index (χ0) is 13.4. The van der Waals surface area contributed by atoms with Gasteiger partial charge < -0.3 is 15.6 Å². The number of H-pyrrole nitrogens is 1. The summed E-state index contributed by atoms with van der Waals surface area (Å²) in [5, 5.41) is 1.72. The molecule has 0 spiro atoms. The monoisotopic (exact) mass is 257 g/mol. The van der Waals surface area contributed by atoms with E-state index in [0.717, 1.165) is 36.1 Å². The fraction of sp³-hybridized carbons (Fsp3) is 0.400. The van der Waals surface area contributed by atoms with Crippen LogP contribution in [0.25, 0.3) is 10.8 Å². The van der Waals surface area contributed by atoms with Crippen molar-refractivity contribution in [2.24, 2.45) is 11.7 Å².